The molecule has 2 atom stereocenters. The van der Waals surface area contributed by atoms with Crippen LogP contribution in [0.5, 0.6) is 0 Å². The second-order valence-corrected chi connectivity index (χ2v) is 10.1. The Morgan fingerprint density at radius 1 is 1.03 bits per heavy atom. The van der Waals surface area contributed by atoms with Crippen molar-refractivity contribution in [2.45, 2.75) is 30.4 Å². The van der Waals surface area contributed by atoms with Crippen molar-refractivity contribution in [2.24, 2.45) is 5.41 Å². The smallest absolute Gasteiger partial charge is 0.167 e. The Labute approximate surface area is 198 Å². The fraction of sp³-hybridized carbons (Fsp3) is 0.259. The number of hydrogen-bond acceptors (Lipinski definition) is 3. The molecule has 31 heavy (non-hydrogen) atoms. The van der Waals surface area contributed by atoms with Crippen molar-refractivity contribution >= 4 is 34.5 Å². The second-order valence-electron chi connectivity index (χ2n) is 8.68. The summed E-state index contributed by atoms with van der Waals surface area (Å²) >= 11 is 2.54. The molecular weight excluding hydrogens is 495 g/mol. The van der Waals surface area contributed by atoms with E-state index in [1.165, 1.54) is 5.56 Å². The summed E-state index contributed by atoms with van der Waals surface area (Å²) in [6.45, 7) is 4.83. The van der Waals surface area contributed by atoms with Crippen molar-refractivity contribution in [3.8, 4) is 0 Å². The third-order valence-electron chi connectivity index (χ3n) is 5.79. The Bertz CT molecular complexity index is 1050. The van der Waals surface area contributed by atoms with Crippen molar-refractivity contribution in [1.82, 2.24) is 9.88 Å². The maximum atomic E-state index is 13.6. The van der Waals surface area contributed by atoms with Crippen LogP contribution in [0, 0.1) is 5.41 Å². The number of piperidine rings is 1. The highest BCUT2D eigenvalue weighted by molar-refractivity contribution is 14.1. The fourth-order valence-electron chi connectivity index (χ4n) is 4.27. The van der Waals surface area contributed by atoms with Crippen molar-refractivity contribution in [2.75, 3.05) is 6.54 Å². The molecule has 0 aliphatic carbocycles. The average Bonchev–Trinajstić information content (AvgIpc) is 2.78. The lowest BCUT2D eigenvalue weighted by Crippen LogP contribution is -2.52. The topological polar surface area (TPSA) is 33.2 Å². The van der Waals surface area contributed by atoms with Crippen molar-refractivity contribution < 1.29 is 4.79 Å². The first-order valence-electron chi connectivity index (χ1n) is 10.6. The van der Waals surface area contributed by atoms with E-state index in [2.05, 4.69) is 101 Å². The third-order valence-corrected chi connectivity index (χ3v) is 6.95. The minimum Gasteiger partial charge on any atom is -0.294 e. The number of rotatable bonds is 5. The number of aromatic nitrogens is 1. The number of likely N-dealkylation sites (tertiary alicyclic amines) is 1. The maximum Gasteiger partial charge on any atom is 0.167 e. The largest absolute Gasteiger partial charge is 0.294 e. The van der Waals surface area contributed by atoms with Gasteiger partial charge in [0, 0.05) is 23.7 Å². The average molecular weight is 522 g/mol. The number of hydrogen-bond donors (Lipinski definition) is 0. The highest BCUT2D eigenvalue weighted by Gasteiger charge is 2.45. The number of halogens is 1. The molecular formula is C27H27IN2O. The minimum absolute atomic E-state index is 0.102. The molecule has 1 aliphatic rings. The van der Waals surface area contributed by atoms with E-state index in [0.29, 0.717) is 6.54 Å². The molecule has 3 nitrogen and oxygen atoms in total. The lowest BCUT2D eigenvalue weighted by molar-refractivity contribution is -0.128. The van der Waals surface area contributed by atoms with E-state index in [4.69, 9.17) is 0 Å². The van der Waals surface area contributed by atoms with Crippen LogP contribution in [0.4, 0.5) is 0 Å². The van der Waals surface area contributed by atoms with Crippen LogP contribution in [0.1, 0.15) is 36.7 Å². The second kappa shape index (κ2) is 9.45. The molecule has 0 spiro atoms. The van der Waals surface area contributed by atoms with Crippen LogP contribution in [0.25, 0.3) is 6.08 Å². The van der Waals surface area contributed by atoms with Gasteiger partial charge in [-0.15, -0.1) is 0 Å². The van der Waals surface area contributed by atoms with Gasteiger partial charge in [0.15, 0.2) is 5.78 Å². The van der Waals surface area contributed by atoms with Gasteiger partial charge in [0.1, 0.15) is 0 Å². The fourth-order valence-corrected chi connectivity index (χ4v) is 5.30. The summed E-state index contributed by atoms with van der Waals surface area (Å²) in [5.74, 6) is 0.201. The lowest BCUT2D eigenvalue weighted by Gasteiger charge is -2.46. The van der Waals surface area contributed by atoms with Crippen LogP contribution in [-0.4, -0.2) is 26.3 Å². The number of Topliss-reactive ketones (excluding diaryl/α,β-unsaturated/α-hetero) is 1. The third kappa shape index (κ3) is 4.96. The van der Waals surface area contributed by atoms with Gasteiger partial charge in [-0.3, -0.25) is 14.7 Å². The number of alkyl halides is 1. The van der Waals surface area contributed by atoms with E-state index in [9.17, 15) is 4.79 Å². The Morgan fingerprint density at radius 3 is 2.32 bits per heavy atom. The van der Waals surface area contributed by atoms with Crippen LogP contribution < -0.4 is 0 Å². The van der Waals surface area contributed by atoms with Gasteiger partial charge in [0.05, 0.1) is 15.8 Å². The number of pyridine rings is 1. The van der Waals surface area contributed by atoms with Gasteiger partial charge >= 0.3 is 0 Å². The molecule has 1 aromatic heterocycles. The van der Waals surface area contributed by atoms with Crippen LogP contribution >= 0.6 is 22.6 Å². The van der Waals surface area contributed by atoms with E-state index in [1.54, 1.807) is 6.20 Å². The molecule has 2 aromatic carbocycles. The van der Waals surface area contributed by atoms with Crippen LogP contribution in [0.15, 0.2) is 90.6 Å². The maximum absolute atomic E-state index is 13.6. The first-order chi connectivity index (χ1) is 15.0. The Hall–Kier alpha value is -2.31. The predicted octanol–water partition coefficient (Wildman–Crippen LogP) is 6.12. The molecule has 0 radical (unpaired) electrons. The number of carbonyl (C=O) groups excluding carboxylic acids is 1. The van der Waals surface area contributed by atoms with Crippen molar-refractivity contribution in [3.05, 3.63) is 107 Å². The SMILES string of the molecule is CC1(C)CN(C(I)Cc2ccccc2)C(c2ccccc2)C(=Cc2ccccn2)C1=O. The van der Waals surface area contributed by atoms with Crippen molar-refractivity contribution in [1.29, 1.82) is 0 Å². The number of benzene rings is 2. The van der Waals surface area contributed by atoms with E-state index in [1.807, 2.05) is 30.3 Å². The van der Waals surface area contributed by atoms with E-state index < -0.39 is 5.41 Å². The summed E-state index contributed by atoms with van der Waals surface area (Å²) in [7, 11) is 0. The Balaban J connectivity index is 1.80. The lowest BCUT2D eigenvalue weighted by atomic mass is 9.74. The van der Waals surface area contributed by atoms with Crippen LogP contribution in [0.2, 0.25) is 0 Å². The first-order valence-corrected chi connectivity index (χ1v) is 11.9. The van der Waals surface area contributed by atoms with E-state index >= 15 is 0 Å². The van der Waals surface area contributed by atoms with Gasteiger partial charge in [0.25, 0.3) is 0 Å². The van der Waals surface area contributed by atoms with Crippen LogP contribution in [-0.2, 0) is 11.2 Å². The normalized spacial score (nSPS) is 21.2. The Kier molecular flexibility index (Phi) is 6.68. The number of carbonyl (C=O) groups is 1. The molecule has 0 amide bonds. The molecule has 0 N–H and O–H groups in total. The molecule has 158 valence electrons. The molecule has 4 heteroatoms. The summed E-state index contributed by atoms with van der Waals surface area (Å²) in [5.41, 5.74) is 3.61. The Morgan fingerprint density at radius 2 is 1.68 bits per heavy atom. The zero-order valence-corrected chi connectivity index (χ0v) is 20.1. The number of ketones is 1. The molecule has 1 fully saturated rings. The van der Waals surface area contributed by atoms with E-state index in [0.717, 1.165) is 23.3 Å². The summed E-state index contributed by atoms with van der Waals surface area (Å²) in [4.78, 5) is 20.6. The summed E-state index contributed by atoms with van der Waals surface area (Å²) in [6.07, 6.45) is 4.68. The van der Waals surface area contributed by atoms with Gasteiger partial charge < -0.3 is 0 Å². The minimum atomic E-state index is -0.466. The quantitative estimate of drug-likeness (QED) is 0.175. The highest BCUT2D eigenvalue weighted by Crippen LogP contribution is 2.44. The van der Waals surface area contributed by atoms with Gasteiger partial charge in [-0.1, -0.05) is 103 Å². The molecule has 0 saturated carbocycles. The number of nitrogens with zero attached hydrogens (tertiary/aromatic N) is 2. The molecule has 1 aliphatic heterocycles. The van der Waals surface area contributed by atoms with Gasteiger partial charge in [-0.25, -0.2) is 0 Å². The van der Waals surface area contributed by atoms with Crippen molar-refractivity contribution in [3.63, 3.8) is 0 Å². The molecule has 2 unspecified atom stereocenters. The molecule has 3 aromatic rings. The zero-order chi connectivity index (χ0) is 21.8. The predicted molar refractivity (Wildman–Crippen MR) is 135 cm³/mol. The summed E-state index contributed by atoms with van der Waals surface area (Å²) in [5, 5.41) is 0. The summed E-state index contributed by atoms with van der Waals surface area (Å²) in [6, 6.07) is 26.7. The van der Waals surface area contributed by atoms with Gasteiger partial charge in [0.2, 0.25) is 0 Å². The van der Waals surface area contributed by atoms with Gasteiger partial charge in [-0.2, -0.15) is 0 Å². The standard InChI is InChI=1S/C27H27IN2O/c1-27(2)19-30(24(28)17-20-11-5-3-6-12-20)25(21-13-7-4-8-14-21)23(26(27)31)18-22-15-9-10-16-29-22/h3-16,18,24-25H,17,19H2,1-2H3. The zero-order valence-electron chi connectivity index (χ0n) is 17.9. The molecule has 1 saturated heterocycles. The highest BCUT2D eigenvalue weighted by atomic mass is 127. The molecule has 0 bridgehead atoms. The molecule has 4 rings (SSSR count). The molecule has 2 heterocycles. The van der Waals surface area contributed by atoms with E-state index in [-0.39, 0.29) is 15.9 Å². The first kappa shape index (κ1) is 21.9. The summed E-state index contributed by atoms with van der Waals surface area (Å²) < 4.78 is 0.240. The van der Waals surface area contributed by atoms with Crippen LogP contribution in [0.3, 0.4) is 0 Å². The monoisotopic (exact) mass is 522 g/mol. The van der Waals surface area contributed by atoms with Gasteiger partial charge in [-0.05, 0) is 35.8 Å².